The maximum absolute atomic E-state index is 10.8. The fourth-order valence-electron chi connectivity index (χ4n) is 1.70. The van der Waals surface area contributed by atoms with Crippen LogP contribution in [0.5, 0.6) is 0 Å². The molecule has 0 aromatic heterocycles. The number of nitrogens with zero attached hydrogens (tertiary/aromatic N) is 1. The Morgan fingerprint density at radius 1 is 1.44 bits per heavy atom. The van der Waals surface area contributed by atoms with Gasteiger partial charge in [-0.05, 0) is 38.1 Å². The Bertz CT molecular complexity index is 361. The lowest BCUT2D eigenvalue weighted by Crippen LogP contribution is -2.29. The topological polar surface area (TPSA) is 40.5 Å². The van der Waals surface area contributed by atoms with Crippen molar-refractivity contribution in [2.24, 2.45) is 0 Å². The highest BCUT2D eigenvalue weighted by atomic mass is 16.4. The molecule has 1 rings (SSSR count). The SMILES string of the molecule is CCN(Cc1cccc(C(=O)O)c1)C(C)C. The second-order valence-electron chi connectivity index (χ2n) is 4.16. The van der Waals surface area contributed by atoms with E-state index in [0.717, 1.165) is 18.7 Å². The highest BCUT2D eigenvalue weighted by molar-refractivity contribution is 5.87. The first kappa shape index (κ1) is 12.7. The van der Waals surface area contributed by atoms with E-state index in [2.05, 4.69) is 25.7 Å². The zero-order valence-electron chi connectivity index (χ0n) is 10.1. The molecule has 0 aliphatic heterocycles. The van der Waals surface area contributed by atoms with Gasteiger partial charge in [0.05, 0.1) is 5.56 Å². The minimum Gasteiger partial charge on any atom is -0.478 e. The van der Waals surface area contributed by atoms with Crippen molar-refractivity contribution in [1.29, 1.82) is 0 Å². The normalized spacial score (nSPS) is 11.1. The molecular formula is C13H19NO2. The van der Waals surface area contributed by atoms with E-state index in [1.165, 1.54) is 0 Å². The van der Waals surface area contributed by atoms with E-state index in [1.54, 1.807) is 18.2 Å². The van der Waals surface area contributed by atoms with Gasteiger partial charge >= 0.3 is 5.97 Å². The molecule has 0 atom stereocenters. The molecule has 0 saturated heterocycles. The Hall–Kier alpha value is -1.35. The fourth-order valence-corrected chi connectivity index (χ4v) is 1.70. The molecule has 0 unspecified atom stereocenters. The van der Waals surface area contributed by atoms with E-state index in [1.807, 2.05) is 6.07 Å². The van der Waals surface area contributed by atoms with Crippen LogP contribution in [-0.2, 0) is 6.54 Å². The number of hydrogen-bond donors (Lipinski definition) is 1. The van der Waals surface area contributed by atoms with Gasteiger partial charge < -0.3 is 5.11 Å². The van der Waals surface area contributed by atoms with Crippen molar-refractivity contribution in [3.05, 3.63) is 35.4 Å². The average molecular weight is 221 g/mol. The zero-order chi connectivity index (χ0) is 12.1. The molecule has 1 aromatic rings. The van der Waals surface area contributed by atoms with Crippen molar-refractivity contribution in [2.45, 2.75) is 33.4 Å². The van der Waals surface area contributed by atoms with E-state index in [0.29, 0.717) is 11.6 Å². The fraction of sp³-hybridized carbons (Fsp3) is 0.462. The van der Waals surface area contributed by atoms with Crippen molar-refractivity contribution in [3.63, 3.8) is 0 Å². The summed E-state index contributed by atoms with van der Waals surface area (Å²) in [5.41, 5.74) is 1.41. The Labute approximate surface area is 96.7 Å². The maximum Gasteiger partial charge on any atom is 0.335 e. The largest absolute Gasteiger partial charge is 0.478 e. The third-order valence-corrected chi connectivity index (χ3v) is 2.70. The molecule has 88 valence electrons. The number of hydrogen-bond acceptors (Lipinski definition) is 2. The van der Waals surface area contributed by atoms with Crippen LogP contribution in [0.15, 0.2) is 24.3 Å². The summed E-state index contributed by atoms with van der Waals surface area (Å²) in [7, 11) is 0. The molecule has 0 saturated carbocycles. The van der Waals surface area contributed by atoms with E-state index < -0.39 is 5.97 Å². The first-order valence-corrected chi connectivity index (χ1v) is 5.61. The Morgan fingerprint density at radius 2 is 2.12 bits per heavy atom. The summed E-state index contributed by atoms with van der Waals surface area (Å²) in [5.74, 6) is -0.866. The van der Waals surface area contributed by atoms with Gasteiger partial charge in [0.1, 0.15) is 0 Å². The standard InChI is InChI=1S/C13H19NO2/c1-4-14(10(2)3)9-11-6-5-7-12(8-11)13(15)16/h5-8,10H,4,9H2,1-3H3,(H,15,16). The van der Waals surface area contributed by atoms with Crippen LogP contribution >= 0.6 is 0 Å². The van der Waals surface area contributed by atoms with Gasteiger partial charge in [0, 0.05) is 12.6 Å². The molecule has 0 bridgehead atoms. The van der Waals surface area contributed by atoms with E-state index >= 15 is 0 Å². The molecule has 1 aromatic carbocycles. The van der Waals surface area contributed by atoms with E-state index in [-0.39, 0.29) is 0 Å². The lowest BCUT2D eigenvalue weighted by atomic mass is 10.1. The predicted molar refractivity (Wildman–Crippen MR) is 64.6 cm³/mol. The summed E-state index contributed by atoms with van der Waals surface area (Å²) < 4.78 is 0. The predicted octanol–water partition coefficient (Wildman–Crippen LogP) is 2.62. The summed E-state index contributed by atoms with van der Waals surface area (Å²) in [6, 6.07) is 7.61. The van der Waals surface area contributed by atoms with Crippen molar-refractivity contribution in [1.82, 2.24) is 4.90 Å². The molecule has 0 radical (unpaired) electrons. The quantitative estimate of drug-likeness (QED) is 0.831. The van der Waals surface area contributed by atoms with Gasteiger partial charge in [0.2, 0.25) is 0 Å². The summed E-state index contributed by atoms with van der Waals surface area (Å²) in [6.45, 7) is 8.17. The van der Waals surface area contributed by atoms with Crippen LogP contribution in [0.4, 0.5) is 0 Å². The molecule has 0 fully saturated rings. The molecule has 3 nitrogen and oxygen atoms in total. The number of carboxylic acids is 1. The molecule has 16 heavy (non-hydrogen) atoms. The van der Waals surface area contributed by atoms with Gasteiger partial charge in [-0.3, -0.25) is 4.90 Å². The van der Waals surface area contributed by atoms with Crippen molar-refractivity contribution in [2.75, 3.05) is 6.54 Å². The van der Waals surface area contributed by atoms with Gasteiger partial charge in [-0.15, -0.1) is 0 Å². The van der Waals surface area contributed by atoms with Gasteiger partial charge in [-0.1, -0.05) is 19.1 Å². The zero-order valence-corrected chi connectivity index (χ0v) is 10.1. The Morgan fingerprint density at radius 3 is 2.62 bits per heavy atom. The maximum atomic E-state index is 10.8. The smallest absolute Gasteiger partial charge is 0.335 e. The van der Waals surface area contributed by atoms with Gasteiger partial charge in [0.25, 0.3) is 0 Å². The second kappa shape index (κ2) is 5.66. The van der Waals surface area contributed by atoms with Gasteiger partial charge in [-0.25, -0.2) is 4.79 Å². The number of rotatable bonds is 5. The minimum absolute atomic E-state index is 0.359. The van der Waals surface area contributed by atoms with Crippen LogP contribution in [0, 0.1) is 0 Å². The van der Waals surface area contributed by atoms with Crippen LogP contribution in [0.3, 0.4) is 0 Å². The average Bonchev–Trinajstić information content (AvgIpc) is 2.25. The van der Waals surface area contributed by atoms with Crippen molar-refractivity contribution < 1.29 is 9.90 Å². The first-order chi connectivity index (χ1) is 7.54. The molecular weight excluding hydrogens is 202 g/mol. The Kier molecular flexibility index (Phi) is 4.50. The number of carbonyl (C=O) groups is 1. The van der Waals surface area contributed by atoms with Crippen LogP contribution < -0.4 is 0 Å². The highest BCUT2D eigenvalue weighted by Crippen LogP contribution is 2.10. The summed E-state index contributed by atoms with van der Waals surface area (Å²) in [5, 5.41) is 8.90. The third-order valence-electron chi connectivity index (χ3n) is 2.70. The number of carboxylic acid groups (broad SMARTS) is 1. The molecule has 1 N–H and O–H groups in total. The summed E-state index contributed by atoms with van der Waals surface area (Å²) in [6.07, 6.45) is 0. The molecule has 0 aliphatic carbocycles. The van der Waals surface area contributed by atoms with E-state index in [9.17, 15) is 4.79 Å². The summed E-state index contributed by atoms with van der Waals surface area (Å²) in [4.78, 5) is 13.1. The molecule has 0 spiro atoms. The Balaban J connectivity index is 2.80. The van der Waals surface area contributed by atoms with Crippen molar-refractivity contribution in [3.8, 4) is 0 Å². The van der Waals surface area contributed by atoms with Crippen LogP contribution in [0.25, 0.3) is 0 Å². The molecule has 3 heteroatoms. The van der Waals surface area contributed by atoms with Crippen LogP contribution in [-0.4, -0.2) is 28.6 Å². The highest BCUT2D eigenvalue weighted by Gasteiger charge is 2.09. The van der Waals surface area contributed by atoms with Crippen molar-refractivity contribution >= 4 is 5.97 Å². The lowest BCUT2D eigenvalue weighted by Gasteiger charge is -2.24. The van der Waals surface area contributed by atoms with Crippen LogP contribution in [0.2, 0.25) is 0 Å². The van der Waals surface area contributed by atoms with Gasteiger partial charge in [-0.2, -0.15) is 0 Å². The molecule has 0 heterocycles. The number of aromatic carboxylic acids is 1. The third kappa shape index (κ3) is 3.35. The monoisotopic (exact) mass is 221 g/mol. The second-order valence-corrected chi connectivity index (χ2v) is 4.16. The molecule has 0 aliphatic rings. The van der Waals surface area contributed by atoms with Gasteiger partial charge in [0.15, 0.2) is 0 Å². The minimum atomic E-state index is -0.866. The number of benzene rings is 1. The van der Waals surface area contributed by atoms with E-state index in [4.69, 9.17) is 5.11 Å². The van der Waals surface area contributed by atoms with Crippen LogP contribution in [0.1, 0.15) is 36.7 Å². The molecule has 0 amide bonds. The lowest BCUT2D eigenvalue weighted by molar-refractivity contribution is 0.0696. The summed E-state index contributed by atoms with van der Waals surface area (Å²) >= 11 is 0. The first-order valence-electron chi connectivity index (χ1n) is 5.61.